The molecule has 0 aliphatic heterocycles. The van der Waals surface area contributed by atoms with Crippen LogP contribution in [0.2, 0.25) is 0 Å². The number of aryl methyl sites for hydroxylation is 1. The molecule has 2 aromatic carbocycles. The van der Waals surface area contributed by atoms with Gasteiger partial charge in [0, 0.05) is 30.0 Å². The van der Waals surface area contributed by atoms with Crippen molar-refractivity contribution in [3.05, 3.63) is 52.8 Å². The molecule has 0 saturated carbocycles. The van der Waals surface area contributed by atoms with Crippen molar-refractivity contribution >= 4 is 48.7 Å². The van der Waals surface area contributed by atoms with Crippen molar-refractivity contribution in [2.75, 3.05) is 14.1 Å². The lowest BCUT2D eigenvalue weighted by molar-refractivity contribution is 0.521. The summed E-state index contributed by atoms with van der Waals surface area (Å²) in [6.07, 6.45) is 0. The number of aromatic nitrogens is 2. The number of hydrogen-bond acceptors (Lipinski definition) is 4. The average Bonchev–Trinajstić information content (AvgIpc) is 2.97. The fourth-order valence-electron chi connectivity index (χ4n) is 2.67. The predicted octanol–water partition coefficient (Wildman–Crippen LogP) is 4.36. The van der Waals surface area contributed by atoms with E-state index in [1.54, 1.807) is 23.9 Å². The van der Waals surface area contributed by atoms with Crippen molar-refractivity contribution in [1.82, 2.24) is 13.9 Å². The molecule has 0 N–H and O–H groups in total. The number of fused-ring (bicyclic) bond motifs is 1. The number of hydrogen-bond donors (Lipinski definition) is 0. The van der Waals surface area contributed by atoms with Gasteiger partial charge in [-0.15, -0.1) is 11.8 Å². The molecule has 0 amide bonds. The molecule has 0 spiro atoms. The lowest BCUT2D eigenvalue weighted by Crippen LogP contribution is -2.22. The molecule has 0 atom stereocenters. The van der Waals surface area contributed by atoms with Crippen LogP contribution in [0.15, 0.2) is 56.7 Å². The number of sulfonamides is 1. The van der Waals surface area contributed by atoms with Crippen LogP contribution < -0.4 is 0 Å². The minimum absolute atomic E-state index is 0.267. The summed E-state index contributed by atoms with van der Waals surface area (Å²) in [7, 11) is -0.399. The maximum Gasteiger partial charge on any atom is 0.242 e. The number of halogens is 1. The van der Waals surface area contributed by atoms with Crippen molar-refractivity contribution in [2.24, 2.45) is 0 Å². The zero-order chi connectivity index (χ0) is 18.9. The van der Waals surface area contributed by atoms with Gasteiger partial charge in [0.05, 0.1) is 21.7 Å². The highest BCUT2D eigenvalue weighted by Crippen LogP contribution is 2.27. The van der Waals surface area contributed by atoms with E-state index in [4.69, 9.17) is 4.98 Å². The third-order valence-electron chi connectivity index (χ3n) is 4.08. The van der Waals surface area contributed by atoms with E-state index in [0.29, 0.717) is 5.52 Å². The zero-order valence-corrected chi connectivity index (χ0v) is 18.0. The largest absolute Gasteiger partial charge is 0.328 e. The van der Waals surface area contributed by atoms with Gasteiger partial charge < -0.3 is 4.57 Å². The van der Waals surface area contributed by atoms with Crippen molar-refractivity contribution < 1.29 is 8.42 Å². The lowest BCUT2D eigenvalue weighted by Gasteiger charge is -2.11. The Morgan fingerprint density at radius 1 is 1.15 bits per heavy atom. The summed E-state index contributed by atoms with van der Waals surface area (Å²) >= 11 is 5.15. The van der Waals surface area contributed by atoms with E-state index < -0.39 is 10.0 Å². The third kappa shape index (κ3) is 3.83. The van der Waals surface area contributed by atoms with Gasteiger partial charge in [0.15, 0.2) is 0 Å². The van der Waals surface area contributed by atoms with Gasteiger partial charge in [0.2, 0.25) is 10.0 Å². The monoisotopic (exact) mass is 453 g/mol. The SMILES string of the molecule is CCn1c(CSc2ccc(Br)cc2)nc2cc(S(=O)(=O)N(C)C)ccc21. The molecule has 1 heterocycles. The van der Waals surface area contributed by atoms with Crippen molar-refractivity contribution in [2.45, 2.75) is 29.0 Å². The van der Waals surface area contributed by atoms with Gasteiger partial charge in [0.25, 0.3) is 0 Å². The average molecular weight is 454 g/mol. The molecule has 1 aromatic heterocycles. The predicted molar refractivity (Wildman–Crippen MR) is 110 cm³/mol. The molecule has 138 valence electrons. The molecule has 0 aliphatic carbocycles. The van der Waals surface area contributed by atoms with Gasteiger partial charge in [-0.05, 0) is 49.4 Å². The number of thioether (sulfide) groups is 1. The first-order valence-corrected chi connectivity index (χ1v) is 11.3. The molecule has 26 heavy (non-hydrogen) atoms. The fourth-order valence-corrected chi connectivity index (χ4v) is 4.70. The highest BCUT2D eigenvalue weighted by Gasteiger charge is 2.19. The standard InChI is InChI=1S/C18H20BrN3O2S2/c1-4-22-17-10-9-15(26(23,24)21(2)3)11-16(17)20-18(22)12-25-14-7-5-13(19)6-8-14/h5-11H,4,12H2,1-3H3. The maximum atomic E-state index is 12.4. The van der Waals surface area contributed by atoms with E-state index in [1.165, 1.54) is 23.3 Å². The quantitative estimate of drug-likeness (QED) is 0.520. The van der Waals surface area contributed by atoms with Gasteiger partial charge >= 0.3 is 0 Å². The zero-order valence-electron chi connectivity index (χ0n) is 14.8. The van der Waals surface area contributed by atoms with Crippen LogP contribution in [0.3, 0.4) is 0 Å². The Kier molecular flexibility index (Phi) is 5.76. The lowest BCUT2D eigenvalue weighted by atomic mass is 10.3. The van der Waals surface area contributed by atoms with Gasteiger partial charge in [-0.1, -0.05) is 15.9 Å². The highest BCUT2D eigenvalue weighted by molar-refractivity contribution is 9.10. The Hall–Kier alpha value is -1.35. The molecular formula is C18H20BrN3O2S2. The summed E-state index contributed by atoms with van der Waals surface area (Å²) in [5.41, 5.74) is 1.66. The molecule has 0 fully saturated rings. The molecule has 8 heteroatoms. The number of imidazole rings is 1. The highest BCUT2D eigenvalue weighted by atomic mass is 79.9. The van der Waals surface area contributed by atoms with Crippen molar-refractivity contribution in [3.8, 4) is 0 Å². The maximum absolute atomic E-state index is 12.4. The molecule has 0 saturated heterocycles. The van der Waals surface area contributed by atoms with Gasteiger partial charge in [-0.3, -0.25) is 0 Å². The minimum Gasteiger partial charge on any atom is -0.328 e. The van der Waals surface area contributed by atoms with Gasteiger partial charge in [0.1, 0.15) is 5.82 Å². The Morgan fingerprint density at radius 3 is 2.46 bits per heavy atom. The second-order valence-electron chi connectivity index (χ2n) is 5.95. The van der Waals surface area contributed by atoms with E-state index >= 15 is 0 Å². The van der Waals surface area contributed by atoms with Gasteiger partial charge in [-0.2, -0.15) is 0 Å². The van der Waals surface area contributed by atoms with Crippen LogP contribution in [0.25, 0.3) is 11.0 Å². The Balaban J connectivity index is 1.94. The first-order chi connectivity index (χ1) is 12.3. The van der Waals surface area contributed by atoms with Crippen LogP contribution in [0, 0.1) is 0 Å². The van der Waals surface area contributed by atoms with Crippen LogP contribution in [0.4, 0.5) is 0 Å². The van der Waals surface area contributed by atoms with Crippen molar-refractivity contribution in [1.29, 1.82) is 0 Å². The second-order valence-corrected chi connectivity index (χ2v) is 10.1. The molecule has 5 nitrogen and oxygen atoms in total. The molecule has 0 radical (unpaired) electrons. The van der Waals surface area contributed by atoms with Crippen LogP contribution >= 0.6 is 27.7 Å². The summed E-state index contributed by atoms with van der Waals surface area (Å²) in [6, 6.07) is 13.3. The van der Waals surface area contributed by atoms with Crippen LogP contribution in [0.1, 0.15) is 12.7 Å². The summed E-state index contributed by atoms with van der Waals surface area (Å²) < 4.78 is 29.1. The van der Waals surface area contributed by atoms with E-state index in [0.717, 1.165) is 28.1 Å². The summed E-state index contributed by atoms with van der Waals surface area (Å²) in [5.74, 6) is 1.66. The molecule has 0 bridgehead atoms. The Morgan fingerprint density at radius 2 is 1.85 bits per heavy atom. The van der Waals surface area contributed by atoms with Gasteiger partial charge in [-0.25, -0.2) is 17.7 Å². The van der Waals surface area contributed by atoms with Crippen LogP contribution in [0.5, 0.6) is 0 Å². The van der Waals surface area contributed by atoms with Crippen molar-refractivity contribution in [3.63, 3.8) is 0 Å². The van der Waals surface area contributed by atoms with Crippen LogP contribution in [-0.4, -0.2) is 36.4 Å². The number of benzene rings is 2. The summed E-state index contributed by atoms with van der Waals surface area (Å²) in [6.45, 7) is 2.85. The Bertz CT molecular complexity index is 1030. The normalized spacial score (nSPS) is 12.2. The topological polar surface area (TPSA) is 55.2 Å². The Labute approximate surface area is 166 Å². The van der Waals surface area contributed by atoms with E-state index in [2.05, 4.69) is 39.6 Å². The van der Waals surface area contributed by atoms with E-state index in [9.17, 15) is 8.42 Å². The van der Waals surface area contributed by atoms with E-state index in [-0.39, 0.29) is 4.90 Å². The first-order valence-electron chi connectivity index (χ1n) is 8.13. The molecule has 0 aliphatic rings. The third-order valence-corrected chi connectivity index (χ3v) is 7.42. The summed E-state index contributed by atoms with van der Waals surface area (Å²) in [5, 5.41) is 0. The molecule has 0 unspecified atom stereocenters. The number of rotatable bonds is 6. The summed E-state index contributed by atoms with van der Waals surface area (Å²) in [4.78, 5) is 6.13. The smallest absolute Gasteiger partial charge is 0.242 e. The fraction of sp³-hybridized carbons (Fsp3) is 0.278. The molecule has 3 aromatic rings. The first kappa shape index (κ1) is 19.4. The van der Waals surface area contributed by atoms with Crippen LogP contribution in [-0.2, 0) is 22.3 Å². The molecule has 3 rings (SSSR count). The molecular weight excluding hydrogens is 434 g/mol. The second kappa shape index (κ2) is 7.72. The minimum atomic E-state index is -3.46. The number of nitrogens with zero attached hydrogens (tertiary/aromatic N) is 3. The van der Waals surface area contributed by atoms with E-state index in [1.807, 2.05) is 18.2 Å².